The predicted octanol–water partition coefficient (Wildman–Crippen LogP) is 14.2. The fraction of sp³-hybridized carbons (Fsp3) is 0.397. The van der Waals surface area contributed by atoms with Gasteiger partial charge < -0.3 is 25.2 Å². The molecule has 0 aromatic rings. The Morgan fingerprint density at radius 3 is 0.957 bits per heavy atom. The molecule has 0 amide bonds. The van der Waals surface area contributed by atoms with Gasteiger partial charge in [-0.3, -0.25) is 23.4 Å². The number of phosphoric acid groups is 1. The van der Waals surface area contributed by atoms with Gasteiger partial charge in [0.1, 0.15) is 12.6 Å². The standard InChI is InChI=1S/C58H82NO10P/c1-3-5-7-9-11-13-15-17-19-21-23-25-27-29-31-33-35-37-39-41-43-45-47-49-56(60)66-51-54(52-67-70(64,65)68-53-55(59)58(62)63)69-57(61)50-48-46-44-42-40-38-36-34-32-30-28-26-24-22-20-18-16-14-12-10-8-6-4-2/h3-6,9-12,15-18,21-24,27-30,33-36,39-42,45-48,54-55H,7-8,13-14,19-20,25-26,31-32,37-38,43-44,49-53,59H2,1-2H3,(H,62,63)(H,64,65)/t54-,55+/m1/s1. The lowest BCUT2D eigenvalue weighted by atomic mass is 10.2. The minimum absolute atomic E-state index is 0.0482. The second kappa shape index (κ2) is 49.7. The fourth-order valence-corrected chi connectivity index (χ4v) is 6.07. The number of carboxylic acids is 1. The van der Waals surface area contributed by atoms with Gasteiger partial charge in [0.15, 0.2) is 6.10 Å². The number of aliphatic carboxylic acids is 1. The van der Waals surface area contributed by atoms with Crippen molar-refractivity contribution in [3.05, 3.63) is 194 Å². The maximum atomic E-state index is 12.6. The number of carbonyl (C=O) groups excluding carboxylic acids is 2. The zero-order valence-electron chi connectivity index (χ0n) is 41.7. The van der Waals surface area contributed by atoms with Crippen LogP contribution >= 0.6 is 7.82 Å². The van der Waals surface area contributed by atoms with Gasteiger partial charge in [0.05, 0.1) is 26.1 Å². The van der Waals surface area contributed by atoms with E-state index in [0.29, 0.717) is 12.8 Å². The van der Waals surface area contributed by atoms with E-state index in [-0.39, 0.29) is 12.8 Å². The van der Waals surface area contributed by atoms with E-state index in [1.807, 2.05) is 44.2 Å². The molecule has 0 bridgehead atoms. The Morgan fingerprint density at radius 1 is 0.414 bits per heavy atom. The van der Waals surface area contributed by atoms with Crippen molar-refractivity contribution in [2.24, 2.45) is 5.73 Å². The normalized spacial score (nSPS) is 15.1. The van der Waals surface area contributed by atoms with Gasteiger partial charge in [-0.2, -0.15) is 0 Å². The van der Waals surface area contributed by atoms with Crippen LogP contribution in [-0.4, -0.2) is 59.9 Å². The molecule has 0 aromatic carbocycles. The molecule has 0 saturated carbocycles. The van der Waals surface area contributed by atoms with Crippen molar-refractivity contribution < 1.29 is 47.5 Å². The van der Waals surface area contributed by atoms with Crippen molar-refractivity contribution in [1.29, 1.82) is 0 Å². The Morgan fingerprint density at radius 2 is 0.671 bits per heavy atom. The number of hydrogen-bond donors (Lipinski definition) is 3. The van der Waals surface area contributed by atoms with Crippen LogP contribution in [0.3, 0.4) is 0 Å². The molecule has 0 saturated heterocycles. The van der Waals surface area contributed by atoms with Crippen LogP contribution in [0.5, 0.6) is 0 Å². The summed E-state index contributed by atoms with van der Waals surface area (Å²) in [6.07, 6.45) is 77.1. The monoisotopic (exact) mass is 984 g/mol. The van der Waals surface area contributed by atoms with Crippen LogP contribution in [0.25, 0.3) is 0 Å². The number of carboxylic acid groups (broad SMARTS) is 1. The minimum atomic E-state index is -4.79. The number of allylic oxidation sites excluding steroid dienone is 30. The average molecular weight is 984 g/mol. The van der Waals surface area contributed by atoms with Crippen molar-refractivity contribution in [2.45, 2.75) is 129 Å². The van der Waals surface area contributed by atoms with E-state index in [4.69, 9.17) is 24.8 Å². The summed E-state index contributed by atoms with van der Waals surface area (Å²) in [7, 11) is -4.79. The lowest BCUT2D eigenvalue weighted by Gasteiger charge is -2.20. The summed E-state index contributed by atoms with van der Waals surface area (Å²) in [4.78, 5) is 46.0. The number of ether oxygens (including phenoxy) is 2. The van der Waals surface area contributed by atoms with Crippen LogP contribution in [0.2, 0.25) is 0 Å². The molecule has 0 aliphatic heterocycles. The Labute approximate surface area is 420 Å². The zero-order chi connectivity index (χ0) is 51.3. The number of rotatable bonds is 42. The number of phosphoric ester groups is 1. The highest BCUT2D eigenvalue weighted by atomic mass is 31.2. The lowest BCUT2D eigenvalue weighted by molar-refractivity contribution is -0.160. The molecule has 4 N–H and O–H groups in total. The Kier molecular flexibility index (Phi) is 45.7. The van der Waals surface area contributed by atoms with Gasteiger partial charge in [0, 0.05) is 0 Å². The third kappa shape index (κ3) is 48.8. The van der Waals surface area contributed by atoms with Crippen molar-refractivity contribution >= 4 is 25.7 Å². The maximum Gasteiger partial charge on any atom is 0.472 e. The van der Waals surface area contributed by atoms with Gasteiger partial charge in [0.25, 0.3) is 0 Å². The van der Waals surface area contributed by atoms with Gasteiger partial charge in [-0.15, -0.1) is 0 Å². The molecule has 70 heavy (non-hydrogen) atoms. The van der Waals surface area contributed by atoms with E-state index in [0.717, 1.165) is 77.0 Å². The molecule has 1 unspecified atom stereocenters. The number of hydrogen-bond acceptors (Lipinski definition) is 9. The summed E-state index contributed by atoms with van der Waals surface area (Å²) in [6.45, 7) is 2.12. The molecule has 0 radical (unpaired) electrons. The SMILES string of the molecule is CC=CCC=CCC=CCC=CCC=CCC=CCC=CCC=CCC(=O)OC[C@H](COP(=O)(O)OC[C@H](N)C(=O)O)OC(=O)CC=CCC=CCC=CCC=CCC=CCC=CCC=CCC=CC. The maximum absolute atomic E-state index is 12.6. The quantitative estimate of drug-likeness (QED) is 0.0302. The summed E-state index contributed by atoms with van der Waals surface area (Å²) in [5, 5.41) is 8.92. The first-order valence-electron chi connectivity index (χ1n) is 24.4. The molecule has 0 spiro atoms. The van der Waals surface area contributed by atoms with E-state index in [2.05, 4.69) is 150 Å². The molecular formula is C58H82NO10P. The third-order valence-corrected chi connectivity index (χ3v) is 10.0. The summed E-state index contributed by atoms with van der Waals surface area (Å²) in [5.74, 6) is -2.73. The first kappa shape index (κ1) is 64.3. The van der Waals surface area contributed by atoms with Gasteiger partial charge in [-0.25, -0.2) is 4.57 Å². The van der Waals surface area contributed by atoms with E-state index < -0.39 is 57.7 Å². The molecule has 0 aliphatic carbocycles. The molecule has 0 fully saturated rings. The molecule has 0 aromatic heterocycles. The van der Waals surface area contributed by atoms with Gasteiger partial charge >= 0.3 is 25.7 Å². The van der Waals surface area contributed by atoms with Crippen molar-refractivity contribution in [1.82, 2.24) is 0 Å². The first-order valence-corrected chi connectivity index (χ1v) is 25.9. The Bertz CT molecular complexity index is 1920. The summed E-state index contributed by atoms with van der Waals surface area (Å²) < 4.78 is 32.5. The summed E-state index contributed by atoms with van der Waals surface area (Å²) in [6, 6.07) is -1.56. The summed E-state index contributed by atoms with van der Waals surface area (Å²) >= 11 is 0. The second-order valence-corrected chi connectivity index (χ2v) is 16.7. The topological polar surface area (TPSA) is 172 Å². The predicted molar refractivity (Wildman–Crippen MR) is 290 cm³/mol. The van der Waals surface area contributed by atoms with Gasteiger partial charge in [0.2, 0.25) is 0 Å². The van der Waals surface area contributed by atoms with Crippen molar-refractivity contribution in [3.8, 4) is 0 Å². The van der Waals surface area contributed by atoms with Crippen LogP contribution in [0.4, 0.5) is 0 Å². The highest BCUT2D eigenvalue weighted by molar-refractivity contribution is 7.47. The van der Waals surface area contributed by atoms with Gasteiger partial charge in [-0.1, -0.05) is 194 Å². The molecule has 3 atom stereocenters. The van der Waals surface area contributed by atoms with Crippen molar-refractivity contribution in [2.75, 3.05) is 19.8 Å². The fourth-order valence-electron chi connectivity index (χ4n) is 5.29. The first-order chi connectivity index (χ1) is 34.1. The van der Waals surface area contributed by atoms with Crippen molar-refractivity contribution in [3.63, 3.8) is 0 Å². The molecule has 0 heterocycles. The number of esters is 2. The average Bonchev–Trinajstić information content (AvgIpc) is 3.34. The largest absolute Gasteiger partial charge is 0.480 e. The third-order valence-electron chi connectivity index (χ3n) is 9.07. The number of nitrogens with two attached hydrogens (primary N) is 1. The smallest absolute Gasteiger partial charge is 0.472 e. The highest BCUT2D eigenvalue weighted by Gasteiger charge is 2.28. The Balaban J connectivity index is 4.62. The zero-order valence-corrected chi connectivity index (χ0v) is 42.6. The minimum Gasteiger partial charge on any atom is -0.480 e. The van der Waals surface area contributed by atoms with E-state index >= 15 is 0 Å². The lowest BCUT2D eigenvalue weighted by Crippen LogP contribution is -2.34. The molecule has 0 rings (SSSR count). The van der Waals surface area contributed by atoms with E-state index in [9.17, 15) is 23.8 Å². The van der Waals surface area contributed by atoms with Crippen LogP contribution in [0.15, 0.2) is 194 Å². The van der Waals surface area contributed by atoms with Crippen LogP contribution < -0.4 is 5.73 Å². The van der Waals surface area contributed by atoms with Crippen LogP contribution in [0.1, 0.15) is 117 Å². The van der Waals surface area contributed by atoms with E-state index in [1.165, 1.54) is 0 Å². The number of carbonyl (C=O) groups is 3. The Hall–Kier alpha value is -5.68. The second-order valence-electron chi connectivity index (χ2n) is 15.2. The van der Waals surface area contributed by atoms with Crippen LogP contribution in [0, 0.1) is 0 Å². The molecular weight excluding hydrogens is 902 g/mol. The molecule has 12 heteroatoms. The molecule has 0 aliphatic rings. The summed E-state index contributed by atoms with van der Waals surface area (Å²) in [5.41, 5.74) is 5.33. The van der Waals surface area contributed by atoms with Gasteiger partial charge in [-0.05, 0) is 104 Å². The molecule has 384 valence electrons. The molecule has 11 nitrogen and oxygen atoms in total. The van der Waals surface area contributed by atoms with Crippen LogP contribution in [-0.2, 0) is 37.5 Å². The van der Waals surface area contributed by atoms with E-state index in [1.54, 1.807) is 18.2 Å². The highest BCUT2D eigenvalue weighted by Crippen LogP contribution is 2.43.